The molecular formula is C30H38FN5O4. The molecule has 2 saturated heterocycles. The van der Waals surface area contributed by atoms with Crippen LogP contribution >= 0.6 is 0 Å². The smallest absolute Gasteiger partial charge is 0.305 e. The Kier molecular flexibility index (Phi) is 11.6. The Morgan fingerprint density at radius 1 is 1.32 bits per heavy atom. The first-order chi connectivity index (χ1) is 19.2. The van der Waals surface area contributed by atoms with Gasteiger partial charge in [-0.3, -0.25) is 19.4 Å². The van der Waals surface area contributed by atoms with Crippen molar-refractivity contribution in [1.82, 2.24) is 15.5 Å². The van der Waals surface area contributed by atoms with Gasteiger partial charge in [-0.2, -0.15) is 5.26 Å². The predicted molar refractivity (Wildman–Crippen MR) is 151 cm³/mol. The lowest BCUT2D eigenvalue weighted by molar-refractivity contribution is -0.137. The average molecular weight is 552 g/mol. The Morgan fingerprint density at radius 3 is 2.77 bits per heavy atom. The van der Waals surface area contributed by atoms with Gasteiger partial charge in [0, 0.05) is 31.9 Å². The van der Waals surface area contributed by atoms with Crippen molar-refractivity contribution >= 4 is 29.6 Å². The van der Waals surface area contributed by atoms with Crippen molar-refractivity contribution < 1.29 is 23.9 Å². The van der Waals surface area contributed by atoms with E-state index in [0.29, 0.717) is 55.0 Å². The van der Waals surface area contributed by atoms with Gasteiger partial charge in [0.25, 0.3) is 0 Å². The summed E-state index contributed by atoms with van der Waals surface area (Å²) in [7, 11) is 0. The molecule has 0 aromatic heterocycles. The molecule has 2 atom stereocenters. The van der Waals surface area contributed by atoms with Crippen molar-refractivity contribution in [2.24, 2.45) is 16.8 Å². The molecule has 3 N–H and O–H groups in total. The molecule has 2 amide bonds. The van der Waals surface area contributed by atoms with Gasteiger partial charge in [-0.15, -0.1) is 0 Å². The number of allylic oxidation sites excluding steroid dienone is 1. The lowest BCUT2D eigenvalue weighted by atomic mass is 9.92. The number of rotatable bonds is 11. The van der Waals surface area contributed by atoms with Crippen LogP contribution in [0, 0.1) is 29.0 Å². The fourth-order valence-electron chi connectivity index (χ4n) is 5.08. The molecule has 3 rings (SSSR count). The fourth-order valence-corrected chi connectivity index (χ4v) is 5.08. The summed E-state index contributed by atoms with van der Waals surface area (Å²) in [5.41, 5.74) is 1.50. The Morgan fingerprint density at radius 2 is 2.08 bits per heavy atom. The Labute approximate surface area is 234 Å². The molecule has 1 aromatic carbocycles. The molecule has 2 fully saturated rings. The molecule has 0 radical (unpaired) electrons. The minimum atomic E-state index is -1.10. The van der Waals surface area contributed by atoms with E-state index in [1.54, 1.807) is 17.9 Å². The molecule has 9 nitrogen and oxygen atoms in total. The zero-order valence-electron chi connectivity index (χ0n) is 23.0. The molecule has 0 bridgehead atoms. The Hall–Kier alpha value is -3.84. The first kappa shape index (κ1) is 30.7. The molecular weight excluding hydrogens is 513 g/mol. The number of nitriles is 1. The number of amides is 2. The van der Waals surface area contributed by atoms with E-state index < -0.39 is 23.7 Å². The normalized spacial score (nSPS) is 19.2. The van der Waals surface area contributed by atoms with Crippen LogP contribution in [0.5, 0.6) is 0 Å². The number of carbonyl (C=O) groups excluding carboxylic acids is 2. The van der Waals surface area contributed by atoms with Gasteiger partial charge in [-0.05, 0) is 86.9 Å². The third-order valence-electron chi connectivity index (χ3n) is 7.56. The summed E-state index contributed by atoms with van der Waals surface area (Å²) in [6, 6.07) is 5.09. The lowest BCUT2D eigenvalue weighted by Gasteiger charge is -2.33. The van der Waals surface area contributed by atoms with E-state index in [9.17, 15) is 23.9 Å². The molecule has 2 aliphatic heterocycles. The lowest BCUT2D eigenvalue weighted by Crippen LogP contribution is -2.48. The maximum atomic E-state index is 13.6. The van der Waals surface area contributed by atoms with E-state index in [2.05, 4.69) is 22.2 Å². The number of carbonyl (C=O) groups is 3. The number of aliphatic imine (C=N–C) groups is 1. The first-order valence-corrected chi connectivity index (χ1v) is 13.8. The first-order valence-electron chi connectivity index (χ1n) is 13.8. The standard InChI is InChI=1S/C30H38FN5O4/c1-20(23-6-7-26(31)25(14-23)16-32)17-34-18-21(2)27(15-29(38)39)35-30(40)24-4-3-13-36(19-24)28(37)8-5-22-9-11-33-12-10-22/h6-7,14,17-18,22,24,27,33H,2-5,8-13,15,19H2,1H3,(H,35,40)(H,38,39)/b20-17+,34-18-/t24-,27+/m1/s1. The highest BCUT2D eigenvalue weighted by molar-refractivity contribution is 5.87. The van der Waals surface area contributed by atoms with Gasteiger partial charge in [0.2, 0.25) is 11.8 Å². The molecule has 1 aromatic rings. The largest absolute Gasteiger partial charge is 0.481 e. The van der Waals surface area contributed by atoms with Gasteiger partial charge in [-0.25, -0.2) is 4.39 Å². The van der Waals surface area contributed by atoms with E-state index in [4.69, 9.17) is 5.26 Å². The molecule has 0 saturated carbocycles. The Bertz CT molecular complexity index is 1200. The SMILES string of the molecule is C=C(/C=N\C=C(/C)c1ccc(F)c(C#N)c1)[C@H](CC(=O)O)NC(=O)[C@@H]1CCCN(C(=O)CCC2CCNCC2)C1. The van der Waals surface area contributed by atoms with Crippen LogP contribution in [0.4, 0.5) is 4.39 Å². The summed E-state index contributed by atoms with van der Waals surface area (Å²) in [6.07, 6.45) is 7.35. The Balaban J connectivity index is 1.58. The zero-order valence-corrected chi connectivity index (χ0v) is 23.0. The molecule has 0 spiro atoms. The maximum Gasteiger partial charge on any atom is 0.305 e. The number of hydrogen-bond donors (Lipinski definition) is 3. The van der Waals surface area contributed by atoms with Crippen molar-refractivity contribution in [3.05, 3.63) is 53.5 Å². The van der Waals surface area contributed by atoms with Crippen LogP contribution in [-0.2, 0) is 14.4 Å². The second-order valence-corrected chi connectivity index (χ2v) is 10.5. The average Bonchev–Trinajstić information content (AvgIpc) is 2.96. The van der Waals surface area contributed by atoms with Gasteiger partial charge in [-0.1, -0.05) is 12.6 Å². The molecule has 2 aliphatic rings. The van der Waals surface area contributed by atoms with Crippen LogP contribution in [0.15, 0.2) is 41.5 Å². The van der Waals surface area contributed by atoms with Crippen LogP contribution in [-0.4, -0.2) is 66.2 Å². The number of carboxylic acid groups (broad SMARTS) is 1. The molecule has 40 heavy (non-hydrogen) atoms. The number of benzene rings is 1. The van der Waals surface area contributed by atoms with Crippen molar-refractivity contribution in [2.45, 2.75) is 57.9 Å². The molecule has 2 heterocycles. The monoisotopic (exact) mass is 551 g/mol. The zero-order chi connectivity index (χ0) is 29.1. The number of hydrogen-bond acceptors (Lipinski definition) is 6. The van der Waals surface area contributed by atoms with E-state index in [-0.39, 0.29) is 23.8 Å². The number of nitrogens with one attached hydrogen (secondary N) is 2. The van der Waals surface area contributed by atoms with Crippen LogP contribution in [0.25, 0.3) is 5.57 Å². The summed E-state index contributed by atoms with van der Waals surface area (Å²) in [5.74, 6) is -1.81. The number of carboxylic acids is 1. The van der Waals surface area contributed by atoms with Gasteiger partial charge >= 0.3 is 5.97 Å². The summed E-state index contributed by atoms with van der Waals surface area (Å²) >= 11 is 0. The number of halogens is 1. The number of nitrogens with zero attached hydrogens (tertiary/aromatic N) is 3. The second-order valence-electron chi connectivity index (χ2n) is 10.5. The number of likely N-dealkylation sites (tertiary alicyclic amines) is 1. The minimum Gasteiger partial charge on any atom is -0.481 e. The minimum absolute atomic E-state index is 0.0693. The van der Waals surface area contributed by atoms with Crippen LogP contribution < -0.4 is 10.6 Å². The van der Waals surface area contributed by atoms with Crippen LogP contribution in [0.2, 0.25) is 0 Å². The van der Waals surface area contributed by atoms with Crippen molar-refractivity contribution in [3.63, 3.8) is 0 Å². The summed E-state index contributed by atoms with van der Waals surface area (Å²) in [5, 5.41) is 24.6. The van der Waals surface area contributed by atoms with Crippen molar-refractivity contribution in [3.8, 4) is 6.07 Å². The van der Waals surface area contributed by atoms with Gasteiger partial charge < -0.3 is 20.6 Å². The third-order valence-corrected chi connectivity index (χ3v) is 7.56. The van der Waals surface area contributed by atoms with Crippen LogP contribution in [0.3, 0.4) is 0 Å². The highest BCUT2D eigenvalue weighted by Gasteiger charge is 2.30. The summed E-state index contributed by atoms with van der Waals surface area (Å²) in [4.78, 5) is 43.4. The highest BCUT2D eigenvalue weighted by atomic mass is 19.1. The molecule has 0 unspecified atom stereocenters. The maximum absolute atomic E-state index is 13.6. The topological polar surface area (TPSA) is 135 Å². The van der Waals surface area contributed by atoms with E-state index in [1.165, 1.54) is 30.6 Å². The summed E-state index contributed by atoms with van der Waals surface area (Å²) < 4.78 is 13.6. The highest BCUT2D eigenvalue weighted by Crippen LogP contribution is 2.22. The van der Waals surface area contributed by atoms with Gasteiger partial charge in [0.05, 0.1) is 23.9 Å². The van der Waals surface area contributed by atoms with Crippen LogP contribution in [0.1, 0.15) is 63.0 Å². The quantitative estimate of drug-likeness (QED) is 0.359. The van der Waals surface area contributed by atoms with E-state index in [1.807, 2.05) is 0 Å². The number of piperidine rings is 2. The third kappa shape index (κ3) is 9.12. The van der Waals surface area contributed by atoms with Gasteiger partial charge in [0.15, 0.2) is 0 Å². The van der Waals surface area contributed by atoms with Crippen molar-refractivity contribution in [2.75, 3.05) is 26.2 Å². The van der Waals surface area contributed by atoms with Crippen molar-refractivity contribution in [1.29, 1.82) is 5.26 Å². The van der Waals surface area contributed by atoms with E-state index >= 15 is 0 Å². The molecule has 0 aliphatic carbocycles. The molecule has 214 valence electrons. The number of aliphatic carboxylic acids is 1. The van der Waals surface area contributed by atoms with E-state index in [0.717, 1.165) is 32.4 Å². The fraction of sp³-hybridized carbons (Fsp3) is 0.500. The molecule has 10 heteroatoms. The summed E-state index contributed by atoms with van der Waals surface area (Å²) in [6.45, 7) is 8.58. The van der Waals surface area contributed by atoms with Gasteiger partial charge in [0.1, 0.15) is 11.9 Å². The second kappa shape index (κ2) is 15.1. The predicted octanol–water partition coefficient (Wildman–Crippen LogP) is 3.66.